The van der Waals surface area contributed by atoms with Gasteiger partial charge in [-0.15, -0.1) is 0 Å². The van der Waals surface area contributed by atoms with E-state index in [2.05, 4.69) is 26.9 Å². The van der Waals surface area contributed by atoms with Crippen molar-refractivity contribution in [3.8, 4) is 0 Å². The molecule has 0 bridgehead atoms. The van der Waals surface area contributed by atoms with Crippen LogP contribution in [0.3, 0.4) is 0 Å². The Kier molecular flexibility index (Phi) is 4.49. The molecule has 6 nitrogen and oxygen atoms in total. The minimum atomic E-state index is 0.446. The third-order valence-corrected chi connectivity index (χ3v) is 2.56. The van der Waals surface area contributed by atoms with Crippen LogP contribution in [0.25, 0.3) is 0 Å². The number of ether oxygens (including phenoxy) is 1. The van der Waals surface area contributed by atoms with Gasteiger partial charge < -0.3 is 19.1 Å². The molecular formula is C12H18N4O2. The average Bonchev–Trinajstić information content (AvgIpc) is 2.98. The van der Waals surface area contributed by atoms with E-state index in [4.69, 9.17) is 9.26 Å². The van der Waals surface area contributed by atoms with Crippen molar-refractivity contribution in [2.45, 2.75) is 26.6 Å². The van der Waals surface area contributed by atoms with Crippen LogP contribution in [-0.2, 0) is 24.4 Å². The zero-order chi connectivity index (χ0) is 12.8. The van der Waals surface area contributed by atoms with Crippen molar-refractivity contribution in [2.75, 3.05) is 13.7 Å². The first-order chi connectivity index (χ1) is 8.83. The zero-order valence-electron chi connectivity index (χ0n) is 10.7. The summed E-state index contributed by atoms with van der Waals surface area (Å²) in [5.41, 5.74) is 0.873. The lowest BCUT2D eigenvalue weighted by Gasteiger charge is -2.05. The number of nitrogens with zero attached hydrogens (tertiary/aromatic N) is 3. The summed E-state index contributed by atoms with van der Waals surface area (Å²) >= 11 is 0. The molecule has 0 aliphatic heterocycles. The summed E-state index contributed by atoms with van der Waals surface area (Å²) in [5.74, 6) is 1.73. The van der Waals surface area contributed by atoms with E-state index < -0.39 is 0 Å². The van der Waals surface area contributed by atoms with Crippen molar-refractivity contribution >= 4 is 0 Å². The second-order valence-electron chi connectivity index (χ2n) is 3.97. The second kappa shape index (κ2) is 6.32. The van der Waals surface area contributed by atoms with E-state index in [0.29, 0.717) is 13.2 Å². The smallest absolute Gasteiger partial charge is 0.162 e. The van der Waals surface area contributed by atoms with E-state index in [0.717, 1.165) is 30.4 Å². The summed E-state index contributed by atoms with van der Waals surface area (Å²) in [6, 6.07) is 1.90. The highest BCUT2D eigenvalue weighted by atomic mass is 16.5. The molecule has 0 atom stereocenters. The lowest BCUT2D eigenvalue weighted by atomic mass is 10.3. The van der Waals surface area contributed by atoms with Gasteiger partial charge in [0.2, 0.25) is 0 Å². The molecule has 0 saturated heterocycles. The number of rotatable bonds is 7. The van der Waals surface area contributed by atoms with Crippen LogP contribution in [0, 0.1) is 0 Å². The first-order valence-electron chi connectivity index (χ1n) is 5.97. The van der Waals surface area contributed by atoms with Crippen LogP contribution in [0.4, 0.5) is 0 Å². The first kappa shape index (κ1) is 12.8. The lowest BCUT2D eigenvalue weighted by molar-refractivity contribution is 0.155. The third kappa shape index (κ3) is 3.18. The Bertz CT molecular complexity index is 478. The highest BCUT2D eigenvalue weighted by Crippen LogP contribution is 2.08. The Balaban J connectivity index is 2.01. The number of methoxy groups -OCH3 is 1. The summed E-state index contributed by atoms with van der Waals surface area (Å²) in [7, 11) is 1.63. The molecule has 0 spiro atoms. The molecule has 6 heteroatoms. The van der Waals surface area contributed by atoms with Gasteiger partial charge in [0, 0.05) is 25.6 Å². The molecule has 98 valence electrons. The Morgan fingerprint density at radius 3 is 3.17 bits per heavy atom. The van der Waals surface area contributed by atoms with Crippen molar-refractivity contribution in [2.24, 2.45) is 0 Å². The molecule has 2 rings (SSSR count). The number of hydrogen-bond donors (Lipinski definition) is 1. The van der Waals surface area contributed by atoms with Crippen molar-refractivity contribution in [1.29, 1.82) is 0 Å². The normalized spacial score (nSPS) is 11.0. The number of nitrogens with one attached hydrogen (secondary N) is 1. The number of imidazole rings is 1. The Hall–Kier alpha value is -1.66. The predicted molar refractivity (Wildman–Crippen MR) is 65.9 cm³/mol. The van der Waals surface area contributed by atoms with E-state index in [1.54, 1.807) is 13.3 Å². The molecule has 1 N–H and O–H groups in total. The van der Waals surface area contributed by atoms with Gasteiger partial charge >= 0.3 is 0 Å². The van der Waals surface area contributed by atoms with Gasteiger partial charge in [0.1, 0.15) is 18.1 Å². The van der Waals surface area contributed by atoms with E-state index in [1.807, 2.05) is 12.3 Å². The topological polar surface area (TPSA) is 65.1 Å². The van der Waals surface area contributed by atoms with E-state index in [1.165, 1.54) is 0 Å². The quantitative estimate of drug-likeness (QED) is 0.799. The van der Waals surface area contributed by atoms with Gasteiger partial charge in [0.05, 0.1) is 13.1 Å². The average molecular weight is 250 g/mol. The number of aromatic nitrogens is 3. The molecule has 0 aliphatic carbocycles. The molecule has 0 amide bonds. The molecule has 0 aromatic carbocycles. The van der Waals surface area contributed by atoms with Crippen LogP contribution in [-0.4, -0.2) is 28.4 Å². The van der Waals surface area contributed by atoms with Gasteiger partial charge in [0.15, 0.2) is 5.76 Å². The Labute approximate surface area is 106 Å². The lowest BCUT2D eigenvalue weighted by Crippen LogP contribution is -2.16. The van der Waals surface area contributed by atoms with Crippen molar-refractivity contribution in [3.05, 3.63) is 35.7 Å². The molecule has 2 aromatic heterocycles. The summed E-state index contributed by atoms with van der Waals surface area (Å²) in [5, 5.41) is 7.26. The van der Waals surface area contributed by atoms with Gasteiger partial charge in [0.25, 0.3) is 0 Å². The largest absolute Gasteiger partial charge is 0.377 e. The van der Waals surface area contributed by atoms with Crippen LogP contribution in [0.5, 0.6) is 0 Å². The molecule has 18 heavy (non-hydrogen) atoms. The van der Waals surface area contributed by atoms with E-state index in [9.17, 15) is 0 Å². The standard InChI is InChI=1S/C12H18N4O2/c1-3-13-7-12-14-4-5-16(12)8-10-6-11(9-17-2)18-15-10/h4-6,13H,3,7-9H2,1-2H3. The van der Waals surface area contributed by atoms with Crippen molar-refractivity contribution < 1.29 is 9.26 Å². The van der Waals surface area contributed by atoms with Crippen LogP contribution in [0.15, 0.2) is 23.0 Å². The molecule has 0 aliphatic rings. The van der Waals surface area contributed by atoms with Gasteiger partial charge in [-0.1, -0.05) is 12.1 Å². The summed E-state index contributed by atoms with van der Waals surface area (Å²) in [4.78, 5) is 4.31. The molecule has 0 unspecified atom stereocenters. The maximum Gasteiger partial charge on any atom is 0.162 e. The monoisotopic (exact) mass is 250 g/mol. The molecule has 0 fully saturated rings. The van der Waals surface area contributed by atoms with Crippen LogP contribution in [0.1, 0.15) is 24.2 Å². The van der Waals surface area contributed by atoms with Gasteiger partial charge in [-0.25, -0.2) is 4.98 Å². The van der Waals surface area contributed by atoms with E-state index in [-0.39, 0.29) is 0 Å². The Morgan fingerprint density at radius 1 is 1.50 bits per heavy atom. The van der Waals surface area contributed by atoms with Gasteiger partial charge in [-0.3, -0.25) is 0 Å². The SMILES string of the molecule is CCNCc1nccn1Cc1cc(COC)on1. The fraction of sp³-hybridized carbons (Fsp3) is 0.500. The molecule has 0 radical (unpaired) electrons. The van der Waals surface area contributed by atoms with Crippen LogP contribution < -0.4 is 5.32 Å². The highest BCUT2D eigenvalue weighted by molar-refractivity contribution is 5.07. The predicted octanol–water partition coefficient (Wildman–Crippen LogP) is 1.18. The maximum atomic E-state index is 5.15. The van der Waals surface area contributed by atoms with Crippen molar-refractivity contribution in [3.63, 3.8) is 0 Å². The molecular weight excluding hydrogens is 232 g/mol. The minimum absolute atomic E-state index is 0.446. The van der Waals surface area contributed by atoms with Crippen molar-refractivity contribution in [1.82, 2.24) is 20.0 Å². The molecule has 2 heterocycles. The number of hydrogen-bond acceptors (Lipinski definition) is 5. The fourth-order valence-electron chi connectivity index (χ4n) is 1.70. The minimum Gasteiger partial charge on any atom is -0.377 e. The van der Waals surface area contributed by atoms with Crippen LogP contribution >= 0.6 is 0 Å². The Morgan fingerprint density at radius 2 is 2.39 bits per heavy atom. The highest BCUT2D eigenvalue weighted by Gasteiger charge is 2.07. The van der Waals surface area contributed by atoms with Crippen LogP contribution in [0.2, 0.25) is 0 Å². The third-order valence-electron chi connectivity index (χ3n) is 2.56. The maximum absolute atomic E-state index is 5.15. The van der Waals surface area contributed by atoms with E-state index >= 15 is 0 Å². The van der Waals surface area contributed by atoms with Gasteiger partial charge in [-0.2, -0.15) is 0 Å². The van der Waals surface area contributed by atoms with Gasteiger partial charge in [-0.05, 0) is 6.54 Å². The zero-order valence-corrected chi connectivity index (χ0v) is 10.7. The fourth-order valence-corrected chi connectivity index (χ4v) is 1.70. The summed E-state index contributed by atoms with van der Waals surface area (Å²) in [6.07, 6.45) is 3.74. The second-order valence-corrected chi connectivity index (χ2v) is 3.97. The first-order valence-corrected chi connectivity index (χ1v) is 5.97. The summed E-state index contributed by atoms with van der Waals surface area (Å²) < 4.78 is 12.2. The molecule has 0 saturated carbocycles. The summed E-state index contributed by atoms with van der Waals surface area (Å²) in [6.45, 7) is 4.86. The molecule has 2 aromatic rings.